The van der Waals surface area contributed by atoms with Crippen molar-refractivity contribution in [2.75, 3.05) is 19.2 Å². The zero-order valence-electron chi connectivity index (χ0n) is 20.5. The Hall–Kier alpha value is -3.80. The van der Waals surface area contributed by atoms with Gasteiger partial charge < -0.3 is 20.1 Å². The maximum Gasteiger partial charge on any atom is 0.251 e. The molecule has 2 amide bonds. The van der Waals surface area contributed by atoms with Gasteiger partial charge in [0.25, 0.3) is 5.91 Å². The van der Waals surface area contributed by atoms with E-state index in [0.29, 0.717) is 11.3 Å². The summed E-state index contributed by atoms with van der Waals surface area (Å²) in [6, 6.07) is 19.4. The normalized spacial score (nSPS) is 15.4. The standard InChI is InChI=1S/C29H30N2O4/c1-28(2,3)23-11-10-21(16-22(23)18-5-7-19(8-6-18)26(32)30-4)31-27(33)29(13-14-29)20-9-12-24-25(15-20)35-17-34-24/h5-12,15-16H,13-14,17H2,1-4H3,(H,30,32)(H,31,33). The number of ether oxygens (including phenoxy) is 2. The lowest BCUT2D eigenvalue weighted by molar-refractivity contribution is -0.118. The summed E-state index contributed by atoms with van der Waals surface area (Å²) in [6.07, 6.45) is 1.60. The van der Waals surface area contributed by atoms with E-state index in [1.54, 1.807) is 7.05 Å². The van der Waals surface area contributed by atoms with E-state index in [-0.39, 0.29) is 24.0 Å². The molecular weight excluding hydrogens is 440 g/mol. The number of hydrogen-bond acceptors (Lipinski definition) is 4. The van der Waals surface area contributed by atoms with Crippen LogP contribution in [0.1, 0.15) is 55.1 Å². The molecule has 0 atom stereocenters. The van der Waals surface area contributed by atoms with E-state index in [4.69, 9.17) is 9.47 Å². The Balaban J connectivity index is 1.45. The summed E-state index contributed by atoms with van der Waals surface area (Å²) in [5.74, 6) is 1.28. The van der Waals surface area contributed by atoms with Crippen LogP contribution < -0.4 is 20.1 Å². The number of hydrogen-bond donors (Lipinski definition) is 2. The highest BCUT2D eigenvalue weighted by Crippen LogP contribution is 2.51. The van der Waals surface area contributed by atoms with Crippen LogP contribution in [0.5, 0.6) is 11.5 Å². The fourth-order valence-electron chi connectivity index (χ4n) is 4.68. The third-order valence-corrected chi connectivity index (χ3v) is 6.88. The monoisotopic (exact) mass is 470 g/mol. The number of anilines is 1. The maximum absolute atomic E-state index is 13.5. The molecule has 0 aromatic heterocycles. The number of amides is 2. The fourth-order valence-corrected chi connectivity index (χ4v) is 4.68. The number of carbonyl (C=O) groups excluding carboxylic acids is 2. The Morgan fingerprint density at radius 1 is 0.886 bits per heavy atom. The van der Waals surface area contributed by atoms with Crippen LogP contribution in [-0.4, -0.2) is 25.7 Å². The first kappa shape index (κ1) is 23.0. The molecule has 6 nitrogen and oxygen atoms in total. The molecule has 3 aromatic carbocycles. The fraction of sp³-hybridized carbons (Fsp3) is 0.310. The Bertz CT molecular complexity index is 1300. The first-order chi connectivity index (χ1) is 16.7. The lowest BCUT2D eigenvalue weighted by Gasteiger charge is -2.24. The van der Waals surface area contributed by atoms with E-state index < -0.39 is 5.41 Å². The van der Waals surface area contributed by atoms with Crippen molar-refractivity contribution in [2.45, 2.75) is 44.4 Å². The minimum absolute atomic E-state index is 0.0132. The summed E-state index contributed by atoms with van der Waals surface area (Å²) >= 11 is 0. The first-order valence-corrected chi connectivity index (χ1v) is 11.9. The van der Waals surface area contributed by atoms with Gasteiger partial charge >= 0.3 is 0 Å². The summed E-state index contributed by atoms with van der Waals surface area (Å²) < 4.78 is 10.9. The van der Waals surface area contributed by atoms with Crippen molar-refractivity contribution in [3.63, 3.8) is 0 Å². The van der Waals surface area contributed by atoms with Crippen molar-refractivity contribution in [2.24, 2.45) is 0 Å². The summed E-state index contributed by atoms with van der Waals surface area (Å²) in [5, 5.41) is 5.82. The Morgan fingerprint density at radius 3 is 2.26 bits per heavy atom. The van der Waals surface area contributed by atoms with Gasteiger partial charge in [0.05, 0.1) is 5.41 Å². The number of carbonyl (C=O) groups is 2. The smallest absolute Gasteiger partial charge is 0.251 e. The van der Waals surface area contributed by atoms with Gasteiger partial charge in [-0.05, 0) is 76.9 Å². The van der Waals surface area contributed by atoms with Crippen LogP contribution in [0.15, 0.2) is 60.7 Å². The highest BCUT2D eigenvalue weighted by molar-refractivity contribution is 6.02. The molecule has 0 saturated heterocycles. The molecule has 1 heterocycles. The van der Waals surface area contributed by atoms with Crippen LogP contribution in [0.3, 0.4) is 0 Å². The van der Waals surface area contributed by atoms with Gasteiger partial charge in [0, 0.05) is 18.3 Å². The van der Waals surface area contributed by atoms with Gasteiger partial charge in [0.1, 0.15) is 0 Å². The van der Waals surface area contributed by atoms with Crippen LogP contribution >= 0.6 is 0 Å². The van der Waals surface area contributed by atoms with Crippen molar-refractivity contribution in [3.8, 4) is 22.6 Å². The topological polar surface area (TPSA) is 76.7 Å². The Morgan fingerprint density at radius 2 is 1.60 bits per heavy atom. The number of benzene rings is 3. The minimum atomic E-state index is -0.543. The van der Waals surface area contributed by atoms with Crippen LogP contribution in [0.4, 0.5) is 5.69 Å². The second-order valence-corrected chi connectivity index (χ2v) is 10.3. The van der Waals surface area contributed by atoms with Crippen molar-refractivity contribution >= 4 is 17.5 Å². The Labute approximate surface area is 205 Å². The van der Waals surface area contributed by atoms with E-state index in [2.05, 4.69) is 37.5 Å². The molecule has 1 saturated carbocycles. The molecule has 2 N–H and O–H groups in total. The largest absolute Gasteiger partial charge is 0.454 e. The molecule has 180 valence electrons. The van der Waals surface area contributed by atoms with Crippen molar-refractivity contribution < 1.29 is 19.1 Å². The summed E-state index contributed by atoms with van der Waals surface area (Å²) in [6.45, 7) is 6.72. The second-order valence-electron chi connectivity index (χ2n) is 10.3. The molecule has 0 unspecified atom stereocenters. The predicted octanol–water partition coefficient (Wildman–Crippen LogP) is 5.41. The van der Waals surface area contributed by atoms with Gasteiger partial charge in [0.2, 0.25) is 12.7 Å². The zero-order chi connectivity index (χ0) is 24.8. The second kappa shape index (κ2) is 8.45. The lowest BCUT2D eigenvalue weighted by atomic mass is 9.81. The van der Waals surface area contributed by atoms with E-state index in [9.17, 15) is 9.59 Å². The van der Waals surface area contributed by atoms with Crippen molar-refractivity contribution in [1.82, 2.24) is 5.32 Å². The summed E-state index contributed by atoms with van der Waals surface area (Å²) in [5.41, 5.74) is 4.87. The summed E-state index contributed by atoms with van der Waals surface area (Å²) in [4.78, 5) is 25.4. The van der Waals surface area contributed by atoms with E-state index >= 15 is 0 Å². The number of rotatable bonds is 5. The average molecular weight is 471 g/mol. The highest BCUT2D eigenvalue weighted by Gasteiger charge is 2.51. The van der Waals surface area contributed by atoms with Crippen LogP contribution in [-0.2, 0) is 15.6 Å². The maximum atomic E-state index is 13.5. The molecule has 1 fully saturated rings. The van der Waals surface area contributed by atoms with Gasteiger partial charge in [-0.15, -0.1) is 0 Å². The van der Waals surface area contributed by atoms with Gasteiger partial charge in [-0.2, -0.15) is 0 Å². The van der Waals surface area contributed by atoms with Crippen molar-refractivity contribution in [3.05, 3.63) is 77.4 Å². The molecule has 1 aliphatic heterocycles. The molecule has 0 radical (unpaired) electrons. The zero-order valence-corrected chi connectivity index (χ0v) is 20.5. The molecule has 35 heavy (non-hydrogen) atoms. The molecule has 1 aliphatic carbocycles. The predicted molar refractivity (Wildman–Crippen MR) is 136 cm³/mol. The molecule has 6 heteroatoms. The number of fused-ring (bicyclic) bond motifs is 1. The first-order valence-electron chi connectivity index (χ1n) is 11.9. The van der Waals surface area contributed by atoms with Gasteiger partial charge in [-0.25, -0.2) is 0 Å². The molecule has 3 aromatic rings. The quantitative estimate of drug-likeness (QED) is 0.523. The molecule has 2 aliphatic rings. The van der Waals surface area contributed by atoms with Crippen LogP contribution in [0.25, 0.3) is 11.1 Å². The third kappa shape index (κ3) is 4.25. The van der Waals surface area contributed by atoms with E-state index in [1.807, 2.05) is 54.6 Å². The molecular formula is C29H30N2O4. The highest BCUT2D eigenvalue weighted by atomic mass is 16.7. The Kier molecular flexibility index (Phi) is 5.55. The lowest BCUT2D eigenvalue weighted by Crippen LogP contribution is -2.28. The van der Waals surface area contributed by atoms with Crippen LogP contribution in [0, 0.1) is 0 Å². The minimum Gasteiger partial charge on any atom is -0.454 e. The van der Waals surface area contributed by atoms with Crippen LogP contribution in [0.2, 0.25) is 0 Å². The van der Waals surface area contributed by atoms with E-state index in [0.717, 1.165) is 41.0 Å². The van der Waals surface area contributed by atoms with E-state index in [1.165, 1.54) is 5.56 Å². The average Bonchev–Trinajstić information content (AvgIpc) is 3.53. The molecule has 5 rings (SSSR count). The third-order valence-electron chi connectivity index (χ3n) is 6.88. The molecule has 0 bridgehead atoms. The van der Waals surface area contributed by atoms with Gasteiger partial charge in [0.15, 0.2) is 11.5 Å². The van der Waals surface area contributed by atoms with Crippen molar-refractivity contribution in [1.29, 1.82) is 0 Å². The van der Waals surface area contributed by atoms with Gasteiger partial charge in [-0.1, -0.05) is 45.0 Å². The van der Waals surface area contributed by atoms with Gasteiger partial charge in [-0.3, -0.25) is 9.59 Å². The number of nitrogens with one attached hydrogen (secondary N) is 2. The molecule has 0 spiro atoms. The SMILES string of the molecule is CNC(=O)c1ccc(-c2cc(NC(=O)C3(c4ccc5c(c4)OCO5)CC3)ccc2C(C)(C)C)cc1. The summed E-state index contributed by atoms with van der Waals surface area (Å²) in [7, 11) is 1.62.